The molecule has 78 valence electrons. The van der Waals surface area contributed by atoms with E-state index in [1.54, 1.807) is 24.3 Å². The molecule has 5 heteroatoms. The summed E-state index contributed by atoms with van der Waals surface area (Å²) in [4.78, 5) is 18.1. The molecule has 1 heterocycles. The normalized spacial score (nSPS) is 10.5. The van der Waals surface area contributed by atoms with E-state index in [0.717, 1.165) is 5.69 Å². The summed E-state index contributed by atoms with van der Waals surface area (Å²) < 4.78 is 0. The molecule has 0 fully saturated rings. The molecule has 0 aliphatic rings. The minimum atomic E-state index is 0.0679. The standard InChI is InChI=1S/C9H15N3OS/c1-7(2)14-5-9(13)11-4-8-3-10-6-12-8/h3,6-7H,4-5H2,1-2H3,(H,10,12)(H,11,13). The van der Waals surface area contributed by atoms with Crippen LogP contribution >= 0.6 is 11.8 Å². The SMILES string of the molecule is CC(C)SCC(=O)NCc1cnc[nH]1. The number of aromatic amines is 1. The number of rotatable bonds is 5. The van der Waals surface area contributed by atoms with Crippen molar-refractivity contribution in [1.82, 2.24) is 15.3 Å². The molecule has 4 nitrogen and oxygen atoms in total. The summed E-state index contributed by atoms with van der Waals surface area (Å²) in [5.41, 5.74) is 0.924. The fourth-order valence-corrected chi connectivity index (χ4v) is 1.46. The Labute approximate surface area is 87.9 Å². The first-order chi connectivity index (χ1) is 6.68. The van der Waals surface area contributed by atoms with Gasteiger partial charge in [-0.05, 0) is 5.25 Å². The molecule has 1 rings (SSSR count). The van der Waals surface area contributed by atoms with Crippen molar-refractivity contribution >= 4 is 17.7 Å². The van der Waals surface area contributed by atoms with E-state index in [9.17, 15) is 4.79 Å². The van der Waals surface area contributed by atoms with Crippen LogP contribution in [-0.2, 0) is 11.3 Å². The number of hydrogen-bond donors (Lipinski definition) is 2. The van der Waals surface area contributed by atoms with E-state index < -0.39 is 0 Å². The second kappa shape index (κ2) is 5.70. The van der Waals surface area contributed by atoms with E-state index in [0.29, 0.717) is 17.5 Å². The predicted octanol–water partition coefficient (Wildman–Crippen LogP) is 1.17. The van der Waals surface area contributed by atoms with Gasteiger partial charge in [0.15, 0.2) is 0 Å². The molecule has 2 N–H and O–H groups in total. The van der Waals surface area contributed by atoms with E-state index in [1.807, 2.05) is 0 Å². The number of carbonyl (C=O) groups is 1. The van der Waals surface area contributed by atoms with Crippen molar-refractivity contribution in [2.45, 2.75) is 25.6 Å². The zero-order chi connectivity index (χ0) is 10.4. The summed E-state index contributed by atoms with van der Waals surface area (Å²) >= 11 is 1.64. The number of aromatic nitrogens is 2. The van der Waals surface area contributed by atoms with Crippen molar-refractivity contribution in [2.24, 2.45) is 0 Å². The van der Waals surface area contributed by atoms with Gasteiger partial charge < -0.3 is 10.3 Å². The van der Waals surface area contributed by atoms with Gasteiger partial charge in [-0.25, -0.2) is 4.98 Å². The van der Waals surface area contributed by atoms with Gasteiger partial charge in [-0.1, -0.05) is 13.8 Å². The first-order valence-electron chi connectivity index (χ1n) is 4.54. The van der Waals surface area contributed by atoms with Gasteiger partial charge in [-0.3, -0.25) is 4.79 Å². The highest BCUT2D eigenvalue weighted by atomic mass is 32.2. The zero-order valence-corrected chi connectivity index (χ0v) is 9.23. The zero-order valence-electron chi connectivity index (χ0n) is 8.41. The second-order valence-electron chi connectivity index (χ2n) is 3.21. The Hall–Kier alpha value is -0.970. The summed E-state index contributed by atoms with van der Waals surface area (Å²) in [5, 5.41) is 3.30. The highest BCUT2D eigenvalue weighted by molar-refractivity contribution is 8.00. The topological polar surface area (TPSA) is 57.8 Å². The molecule has 0 spiro atoms. The van der Waals surface area contributed by atoms with Crippen LogP contribution in [0.25, 0.3) is 0 Å². The van der Waals surface area contributed by atoms with Gasteiger partial charge in [-0.15, -0.1) is 11.8 Å². The highest BCUT2D eigenvalue weighted by Gasteiger charge is 2.03. The minimum absolute atomic E-state index is 0.0679. The smallest absolute Gasteiger partial charge is 0.230 e. The molecule has 1 aromatic rings. The van der Waals surface area contributed by atoms with E-state index >= 15 is 0 Å². The van der Waals surface area contributed by atoms with E-state index in [2.05, 4.69) is 29.1 Å². The van der Waals surface area contributed by atoms with Crippen LogP contribution in [0.1, 0.15) is 19.5 Å². The number of amides is 1. The molecule has 14 heavy (non-hydrogen) atoms. The van der Waals surface area contributed by atoms with Gasteiger partial charge >= 0.3 is 0 Å². The summed E-state index contributed by atoms with van der Waals surface area (Å²) in [6.07, 6.45) is 3.31. The van der Waals surface area contributed by atoms with Crippen molar-refractivity contribution in [3.8, 4) is 0 Å². The molecule has 0 saturated carbocycles. The van der Waals surface area contributed by atoms with Gasteiger partial charge in [-0.2, -0.15) is 0 Å². The van der Waals surface area contributed by atoms with Crippen LogP contribution in [0, 0.1) is 0 Å². The second-order valence-corrected chi connectivity index (χ2v) is 4.78. The van der Waals surface area contributed by atoms with Crippen LogP contribution in [0.5, 0.6) is 0 Å². The first-order valence-corrected chi connectivity index (χ1v) is 5.59. The third-order valence-corrected chi connectivity index (χ3v) is 2.67. The molecule has 0 atom stereocenters. The maximum Gasteiger partial charge on any atom is 0.230 e. The lowest BCUT2D eigenvalue weighted by atomic mass is 10.5. The highest BCUT2D eigenvalue weighted by Crippen LogP contribution is 2.07. The van der Waals surface area contributed by atoms with Crippen molar-refractivity contribution in [3.63, 3.8) is 0 Å². The first kappa shape index (κ1) is 11.1. The van der Waals surface area contributed by atoms with Gasteiger partial charge in [0, 0.05) is 6.20 Å². The fraction of sp³-hybridized carbons (Fsp3) is 0.556. The Morgan fingerprint density at radius 2 is 2.50 bits per heavy atom. The van der Waals surface area contributed by atoms with E-state index in [1.165, 1.54) is 0 Å². The molecule has 0 bridgehead atoms. The average molecular weight is 213 g/mol. The number of imidazole rings is 1. The molecule has 0 saturated heterocycles. The lowest BCUT2D eigenvalue weighted by Gasteiger charge is -2.05. The van der Waals surface area contributed by atoms with Crippen molar-refractivity contribution in [1.29, 1.82) is 0 Å². The molecule has 0 unspecified atom stereocenters. The number of hydrogen-bond acceptors (Lipinski definition) is 3. The molecule has 1 aromatic heterocycles. The Balaban J connectivity index is 2.15. The molecule has 0 radical (unpaired) electrons. The summed E-state index contributed by atoms with van der Waals surface area (Å²) in [6, 6.07) is 0. The monoisotopic (exact) mass is 213 g/mol. The molecule has 1 amide bonds. The summed E-state index contributed by atoms with van der Waals surface area (Å²) in [6.45, 7) is 4.68. The van der Waals surface area contributed by atoms with Crippen LogP contribution in [0.2, 0.25) is 0 Å². The summed E-state index contributed by atoms with van der Waals surface area (Å²) in [7, 11) is 0. The molecular formula is C9H15N3OS. The van der Waals surface area contributed by atoms with E-state index in [4.69, 9.17) is 0 Å². The maximum absolute atomic E-state index is 11.3. The summed E-state index contributed by atoms with van der Waals surface area (Å²) in [5.74, 6) is 0.588. The van der Waals surface area contributed by atoms with E-state index in [-0.39, 0.29) is 5.91 Å². The Morgan fingerprint density at radius 1 is 1.71 bits per heavy atom. The number of nitrogens with zero attached hydrogens (tertiary/aromatic N) is 1. The van der Waals surface area contributed by atoms with Crippen molar-refractivity contribution < 1.29 is 4.79 Å². The predicted molar refractivity (Wildman–Crippen MR) is 58.0 cm³/mol. The van der Waals surface area contributed by atoms with Gasteiger partial charge in [0.2, 0.25) is 5.91 Å². The lowest BCUT2D eigenvalue weighted by Crippen LogP contribution is -2.25. The van der Waals surface area contributed by atoms with Crippen LogP contribution in [-0.4, -0.2) is 26.9 Å². The molecule has 0 aliphatic heterocycles. The van der Waals surface area contributed by atoms with Crippen LogP contribution in [0.15, 0.2) is 12.5 Å². The average Bonchev–Trinajstić information content (AvgIpc) is 2.63. The van der Waals surface area contributed by atoms with Gasteiger partial charge in [0.25, 0.3) is 0 Å². The Kier molecular flexibility index (Phi) is 4.52. The third kappa shape index (κ3) is 4.32. The van der Waals surface area contributed by atoms with Crippen LogP contribution in [0.4, 0.5) is 0 Å². The van der Waals surface area contributed by atoms with Gasteiger partial charge in [0.1, 0.15) is 0 Å². The maximum atomic E-state index is 11.3. The number of thioether (sulfide) groups is 1. The Morgan fingerprint density at radius 3 is 3.07 bits per heavy atom. The molecule has 0 aliphatic carbocycles. The number of carbonyl (C=O) groups excluding carboxylic acids is 1. The number of nitrogens with one attached hydrogen (secondary N) is 2. The van der Waals surface area contributed by atoms with Crippen molar-refractivity contribution in [3.05, 3.63) is 18.2 Å². The quantitative estimate of drug-likeness (QED) is 0.772. The molecular weight excluding hydrogens is 198 g/mol. The fourth-order valence-electron chi connectivity index (χ4n) is 0.869. The van der Waals surface area contributed by atoms with Gasteiger partial charge in [0.05, 0.1) is 24.3 Å². The largest absolute Gasteiger partial charge is 0.350 e. The van der Waals surface area contributed by atoms with Crippen LogP contribution < -0.4 is 5.32 Å². The minimum Gasteiger partial charge on any atom is -0.350 e. The third-order valence-electron chi connectivity index (χ3n) is 1.58. The lowest BCUT2D eigenvalue weighted by molar-refractivity contribution is -0.118. The Bertz CT molecular complexity index is 272. The number of H-pyrrole nitrogens is 1. The van der Waals surface area contributed by atoms with Crippen LogP contribution in [0.3, 0.4) is 0 Å². The van der Waals surface area contributed by atoms with Crippen molar-refractivity contribution in [2.75, 3.05) is 5.75 Å². The molecule has 0 aromatic carbocycles.